The second-order valence-corrected chi connectivity index (χ2v) is 5.00. The standard InChI is InChI=1S/C13H17ClO2/c1-9-7-11-12(8-10(9)2)15-16-13(11,3)5-4-6-14/h7-8H,4-6H2,1-3H3. The molecule has 1 aliphatic rings. The Kier molecular flexibility index (Phi) is 3.13. The molecule has 0 radical (unpaired) electrons. The molecular formula is C13H17ClO2. The van der Waals surface area contributed by atoms with Crippen molar-refractivity contribution in [1.82, 2.24) is 0 Å². The second-order valence-electron chi connectivity index (χ2n) is 4.62. The molecule has 0 N–H and O–H groups in total. The summed E-state index contributed by atoms with van der Waals surface area (Å²) in [6.45, 7) is 6.24. The van der Waals surface area contributed by atoms with Gasteiger partial charge in [-0.1, -0.05) is 0 Å². The number of aryl methyl sites for hydroxylation is 2. The average molecular weight is 241 g/mol. The maximum absolute atomic E-state index is 5.73. The van der Waals surface area contributed by atoms with E-state index in [2.05, 4.69) is 26.8 Å². The Morgan fingerprint density at radius 2 is 1.94 bits per heavy atom. The number of halogens is 1. The first-order chi connectivity index (χ1) is 7.57. The number of hydrogen-bond acceptors (Lipinski definition) is 2. The number of hydrogen-bond donors (Lipinski definition) is 0. The van der Waals surface area contributed by atoms with Gasteiger partial charge >= 0.3 is 0 Å². The molecule has 3 heteroatoms. The van der Waals surface area contributed by atoms with E-state index in [0.29, 0.717) is 5.88 Å². The first-order valence-corrected chi connectivity index (χ1v) is 6.13. The third-order valence-corrected chi connectivity index (χ3v) is 3.54. The zero-order chi connectivity index (χ0) is 11.8. The highest BCUT2D eigenvalue weighted by Crippen LogP contribution is 2.43. The molecule has 16 heavy (non-hydrogen) atoms. The van der Waals surface area contributed by atoms with Crippen molar-refractivity contribution in [1.29, 1.82) is 0 Å². The van der Waals surface area contributed by atoms with Crippen molar-refractivity contribution in [2.24, 2.45) is 0 Å². The first kappa shape index (κ1) is 11.7. The molecule has 1 aliphatic heterocycles. The van der Waals surface area contributed by atoms with Crippen LogP contribution in [0, 0.1) is 13.8 Å². The highest BCUT2D eigenvalue weighted by molar-refractivity contribution is 6.17. The molecule has 0 saturated carbocycles. The van der Waals surface area contributed by atoms with Crippen molar-refractivity contribution in [3.05, 3.63) is 28.8 Å². The van der Waals surface area contributed by atoms with Gasteiger partial charge in [0.05, 0.1) is 0 Å². The topological polar surface area (TPSA) is 18.5 Å². The van der Waals surface area contributed by atoms with Crippen LogP contribution in [0.15, 0.2) is 12.1 Å². The highest BCUT2D eigenvalue weighted by atomic mass is 35.5. The first-order valence-electron chi connectivity index (χ1n) is 5.60. The van der Waals surface area contributed by atoms with Crippen LogP contribution in [0.2, 0.25) is 0 Å². The van der Waals surface area contributed by atoms with Crippen LogP contribution in [0.3, 0.4) is 0 Å². The smallest absolute Gasteiger partial charge is 0.171 e. The maximum Gasteiger partial charge on any atom is 0.171 e. The molecule has 1 heterocycles. The monoisotopic (exact) mass is 240 g/mol. The SMILES string of the molecule is Cc1cc2c(cc1C)C(C)(CCCCl)OO2. The zero-order valence-corrected chi connectivity index (χ0v) is 10.7. The predicted molar refractivity (Wildman–Crippen MR) is 64.9 cm³/mol. The molecule has 88 valence electrons. The lowest BCUT2D eigenvalue weighted by atomic mass is 9.89. The second kappa shape index (κ2) is 4.27. The minimum Gasteiger partial charge on any atom is -0.336 e. The molecule has 0 saturated heterocycles. The van der Waals surface area contributed by atoms with Gasteiger partial charge in [-0.25, -0.2) is 0 Å². The van der Waals surface area contributed by atoms with Crippen molar-refractivity contribution in [2.75, 3.05) is 5.88 Å². The number of alkyl halides is 1. The molecule has 0 fully saturated rings. The molecule has 1 aromatic rings. The van der Waals surface area contributed by atoms with Crippen LogP contribution in [0.1, 0.15) is 36.5 Å². The summed E-state index contributed by atoms with van der Waals surface area (Å²) < 4.78 is 0. The Morgan fingerprint density at radius 1 is 1.25 bits per heavy atom. The van der Waals surface area contributed by atoms with E-state index in [-0.39, 0.29) is 5.60 Å². The molecule has 1 atom stereocenters. The van der Waals surface area contributed by atoms with Crippen molar-refractivity contribution in [2.45, 2.75) is 39.2 Å². The van der Waals surface area contributed by atoms with Gasteiger partial charge in [0.25, 0.3) is 0 Å². The third kappa shape index (κ3) is 1.92. The molecule has 0 spiro atoms. The van der Waals surface area contributed by atoms with Crippen LogP contribution >= 0.6 is 11.6 Å². The lowest BCUT2D eigenvalue weighted by molar-refractivity contribution is -0.269. The van der Waals surface area contributed by atoms with Crippen molar-refractivity contribution in [3.63, 3.8) is 0 Å². The molecule has 1 aromatic carbocycles. The van der Waals surface area contributed by atoms with Crippen molar-refractivity contribution < 1.29 is 9.78 Å². The van der Waals surface area contributed by atoms with Gasteiger partial charge in [0.1, 0.15) is 5.60 Å². The van der Waals surface area contributed by atoms with Crippen molar-refractivity contribution >= 4 is 11.6 Å². The minimum atomic E-state index is -0.345. The van der Waals surface area contributed by atoms with Gasteiger partial charge in [0.2, 0.25) is 0 Å². The van der Waals surface area contributed by atoms with E-state index in [0.717, 1.165) is 24.2 Å². The van der Waals surface area contributed by atoms with E-state index in [1.165, 1.54) is 11.1 Å². The van der Waals surface area contributed by atoms with Gasteiger partial charge in [0.15, 0.2) is 5.75 Å². The van der Waals surface area contributed by atoms with E-state index >= 15 is 0 Å². The fourth-order valence-electron chi connectivity index (χ4n) is 2.03. The average Bonchev–Trinajstić information content (AvgIpc) is 2.56. The molecule has 2 nitrogen and oxygen atoms in total. The molecule has 0 aliphatic carbocycles. The Labute approximate surface area is 101 Å². The van der Waals surface area contributed by atoms with E-state index in [9.17, 15) is 0 Å². The Bertz CT molecular complexity index is 403. The van der Waals surface area contributed by atoms with E-state index < -0.39 is 0 Å². The van der Waals surface area contributed by atoms with E-state index in [4.69, 9.17) is 21.4 Å². The molecule has 0 amide bonds. The van der Waals surface area contributed by atoms with E-state index in [1.54, 1.807) is 0 Å². The van der Waals surface area contributed by atoms with Gasteiger partial charge in [-0.3, -0.25) is 0 Å². The number of benzene rings is 1. The molecule has 2 rings (SSSR count). The van der Waals surface area contributed by atoms with Gasteiger partial charge in [-0.2, -0.15) is 4.89 Å². The van der Waals surface area contributed by atoms with E-state index in [1.807, 2.05) is 6.07 Å². The fourth-order valence-corrected chi connectivity index (χ4v) is 2.17. The lowest BCUT2D eigenvalue weighted by Gasteiger charge is -2.20. The summed E-state index contributed by atoms with van der Waals surface area (Å²) in [6, 6.07) is 4.20. The Hall–Kier alpha value is -0.730. The summed E-state index contributed by atoms with van der Waals surface area (Å²) in [5.74, 6) is 1.50. The highest BCUT2D eigenvalue weighted by Gasteiger charge is 2.38. The quantitative estimate of drug-likeness (QED) is 0.590. The summed E-state index contributed by atoms with van der Waals surface area (Å²) in [5, 5.41) is 0. The predicted octanol–water partition coefficient (Wildman–Crippen LogP) is 3.86. The summed E-state index contributed by atoms with van der Waals surface area (Å²) >= 11 is 5.73. The number of fused-ring (bicyclic) bond motifs is 1. The van der Waals surface area contributed by atoms with Crippen molar-refractivity contribution in [3.8, 4) is 5.75 Å². The summed E-state index contributed by atoms with van der Waals surface area (Å²) in [6.07, 6.45) is 1.81. The minimum absolute atomic E-state index is 0.345. The third-order valence-electron chi connectivity index (χ3n) is 3.27. The normalized spacial score (nSPS) is 23.0. The van der Waals surface area contributed by atoms with Gasteiger partial charge < -0.3 is 4.89 Å². The molecule has 1 unspecified atom stereocenters. The molecule has 0 aromatic heterocycles. The molecule has 0 bridgehead atoms. The summed E-state index contributed by atoms with van der Waals surface area (Å²) in [7, 11) is 0. The largest absolute Gasteiger partial charge is 0.336 e. The van der Waals surface area contributed by atoms with Crippen LogP contribution in [0.4, 0.5) is 0 Å². The Morgan fingerprint density at radius 3 is 2.62 bits per heavy atom. The zero-order valence-electron chi connectivity index (χ0n) is 9.97. The summed E-state index contributed by atoms with van der Waals surface area (Å²) in [4.78, 5) is 10.8. The maximum atomic E-state index is 5.73. The summed E-state index contributed by atoms with van der Waals surface area (Å²) in [5.41, 5.74) is 3.29. The van der Waals surface area contributed by atoms with Crippen LogP contribution < -0.4 is 4.89 Å². The van der Waals surface area contributed by atoms with Gasteiger partial charge in [-0.15, -0.1) is 11.6 Å². The van der Waals surface area contributed by atoms with Crippen LogP contribution in [0.25, 0.3) is 0 Å². The van der Waals surface area contributed by atoms with Crippen LogP contribution in [0.5, 0.6) is 5.75 Å². The van der Waals surface area contributed by atoms with Crippen LogP contribution in [-0.2, 0) is 10.5 Å². The van der Waals surface area contributed by atoms with Gasteiger partial charge in [0, 0.05) is 11.4 Å². The lowest BCUT2D eigenvalue weighted by Crippen LogP contribution is -2.21. The fraction of sp³-hybridized carbons (Fsp3) is 0.538. The Balaban J connectivity index is 2.34. The van der Waals surface area contributed by atoms with Crippen LogP contribution in [-0.4, -0.2) is 5.88 Å². The number of rotatable bonds is 3. The van der Waals surface area contributed by atoms with Gasteiger partial charge in [-0.05, 0) is 56.9 Å². The molecular weight excluding hydrogens is 224 g/mol.